The number of hydrogen-bond acceptors (Lipinski definition) is 8. The summed E-state index contributed by atoms with van der Waals surface area (Å²) in [7, 11) is -3.03. The van der Waals surface area contributed by atoms with Crippen LogP contribution in [0.2, 0.25) is 0 Å². The lowest BCUT2D eigenvalue weighted by Gasteiger charge is -2.38. The third-order valence-corrected chi connectivity index (χ3v) is 6.15. The zero-order valence-electron chi connectivity index (χ0n) is 15.7. The third kappa shape index (κ3) is 4.49. The molecule has 0 spiro atoms. The van der Waals surface area contributed by atoms with Crippen LogP contribution in [0.15, 0.2) is 0 Å². The van der Waals surface area contributed by atoms with Crippen LogP contribution in [-0.4, -0.2) is 45.5 Å². The molecule has 8 nitrogen and oxygen atoms in total. The summed E-state index contributed by atoms with van der Waals surface area (Å²) in [5.74, 6) is -0.254. The van der Waals surface area contributed by atoms with Gasteiger partial charge in [0.1, 0.15) is 24.9 Å². The minimum atomic E-state index is -3.03. The number of esters is 1. The van der Waals surface area contributed by atoms with E-state index >= 15 is 0 Å². The van der Waals surface area contributed by atoms with Crippen LogP contribution in [0.25, 0.3) is 0 Å². The van der Waals surface area contributed by atoms with E-state index in [2.05, 4.69) is 0 Å². The summed E-state index contributed by atoms with van der Waals surface area (Å²) in [4.78, 5) is 23.9. The average molecular weight is 392 g/mol. The lowest BCUT2D eigenvalue weighted by Crippen LogP contribution is -2.49. The van der Waals surface area contributed by atoms with Crippen LogP contribution in [-0.2, 0) is 34.2 Å². The standard InChI is InChI=1S/C17H28O8S/c1-5-16(2,3)14(18)22-8-9-23-15(19)24-17(4)12-7-6-11(10-12)13(17)25-26(20)21/h11-13,26H,5-10H2,1-4H3. The molecule has 9 heteroatoms. The normalized spacial score (nSPS) is 30.4. The van der Waals surface area contributed by atoms with Crippen LogP contribution >= 0.6 is 0 Å². The maximum absolute atomic E-state index is 12.0. The number of carbonyl (C=O) groups is 2. The Bertz CT molecular complexity index is 606. The molecule has 0 N–H and O–H groups in total. The molecule has 0 radical (unpaired) electrons. The van der Waals surface area contributed by atoms with Crippen LogP contribution < -0.4 is 0 Å². The molecule has 2 aliphatic carbocycles. The summed E-state index contributed by atoms with van der Waals surface area (Å²) in [6, 6.07) is 0. The second-order valence-corrected chi connectivity index (χ2v) is 8.44. The van der Waals surface area contributed by atoms with Crippen molar-refractivity contribution in [1.29, 1.82) is 0 Å². The van der Waals surface area contributed by atoms with Gasteiger partial charge in [0.2, 0.25) is 0 Å². The van der Waals surface area contributed by atoms with Gasteiger partial charge in [-0.25, -0.2) is 13.2 Å². The van der Waals surface area contributed by atoms with Crippen molar-refractivity contribution in [2.24, 2.45) is 17.3 Å². The van der Waals surface area contributed by atoms with E-state index in [1.54, 1.807) is 20.8 Å². The molecule has 150 valence electrons. The highest BCUT2D eigenvalue weighted by molar-refractivity contribution is 7.67. The molecule has 2 bridgehead atoms. The fraction of sp³-hybridized carbons (Fsp3) is 0.882. The van der Waals surface area contributed by atoms with E-state index in [1.807, 2.05) is 6.92 Å². The third-order valence-electron chi connectivity index (χ3n) is 5.75. The quantitative estimate of drug-likeness (QED) is 0.381. The monoisotopic (exact) mass is 392 g/mol. The minimum absolute atomic E-state index is 0.0446. The Morgan fingerprint density at radius 3 is 2.42 bits per heavy atom. The SMILES string of the molecule is CCC(C)(C)C(=O)OCCOC(=O)OC1(C)C2CCC(C2)C1O[SH](=O)=O. The molecule has 0 aromatic carbocycles. The largest absolute Gasteiger partial charge is 0.509 e. The molecule has 0 aromatic heterocycles. The first-order valence-corrected chi connectivity index (χ1v) is 10.0. The molecule has 0 saturated heterocycles. The van der Waals surface area contributed by atoms with Gasteiger partial charge in [-0.3, -0.25) is 8.98 Å². The van der Waals surface area contributed by atoms with Gasteiger partial charge < -0.3 is 14.2 Å². The maximum Gasteiger partial charge on any atom is 0.509 e. The van der Waals surface area contributed by atoms with Crippen molar-refractivity contribution in [1.82, 2.24) is 0 Å². The van der Waals surface area contributed by atoms with Gasteiger partial charge in [0.05, 0.1) is 5.41 Å². The molecule has 2 saturated carbocycles. The maximum atomic E-state index is 12.0. The molecule has 2 fully saturated rings. The molecule has 4 unspecified atom stereocenters. The van der Waals surface area contributed by atoms with Crippen LogP contribution in [0, 0.1) is 17.3 Å². The van der Waals surface area contributed by atoms with Crippen molar-refractivity contribution in [3.63, 3.8) is 0 Å². The predicted octanol–water partition coefficient (Wildman–Crippen LogP) is 2.22. The summed E-state index contributed by atoms with van der Waals surface area (Å²) in [6.45, 7) is 6.94. The van der Waals surface area contributed by atoms with E-state index in [0.29, 0.717) is 6.42 Å². The van der Waals surface area contributed by atoms with Crippen molar-refractivity contribution in [3.8, 4) is 0 Å². The number of carbonyl (C=O) groups excluding carboxylic acids is 2. The van der Waals surface area contributed by atoms with E-state index in [9.17, 15) is 18.0 Å². The molecule has 0 amide bonds. The van der Waals surface area contributed by atoms with Gasteiger partial charge in [-0.1, -0.05) is 6.92 Å². The summed E-state index contributed by atoms with van der Waals surface area (Å²) in [5.41, 5.74) is -1.62. The van der Waals surface area contributed by atoms with Gasteiger partial charge in [0.25, 0.3) is 11.0 Å². The Balaban J connectivity index is 1.82. The topological polar surface area (TPSA) is 105 Å². The minimum Gasteiger partial charge on any atom is -0.462 e. The van der Waals surface area contributed by atoms with Gasteiger partial charge in [0, 0.05) is 5.92 Å². The number of fused-ring (bicyclic) bond motifs is 2. The summed E-state index contributed by atoms with van der Waals surface area (Å²) < 4.78 is 42.5. The Hall–Kier alpha value is -1.35. The van der Waals surface area contributed by atoms with E-state index in [-0.39, 0.29) is 31.0 Å². The van der Waals surface area contributed by atoms with Gasteiger partial charge in [-0.05, 0) is 52.4 Å². The first-order valence-electron chi connectivity index (χ1n) is 8.94. The fourth-order valence-corrected chi connectivity index (χ4v) is 4.31. The summed E-state index contributed by atoms with van der Waals surface area (Å²) in [6.07, 6.45) is 1.52. The van der Waals surface area contributed by atoms with E-state index in [4.69, 9.17) is 18.4 Å². The van der Waals surface area contributed by atoms with Crippen LogP contribution in [0.1, 0.15) is 53.4 Å². The summed E-state index contributed by atoms with van der Waals surface area (Å²) >= 11 is 0. The van der Waals surface area contributed by atoms with Gasteiger partial charge in [0.15, 0.2) is 0 Å². The highest BCUT2D eigenvalue weighted by Gasteiger charge is 2.60. The van der Waals surface area contributed by atoms with E-state index < -0.39 is 34.3 Å². The molecule has 0 heterocycles. The molecule has 26 heavy (non-hydrogen) atoms. The van der Waals surface area contributed by atoms with Crippen molar-refractivity contribution < 1.29 is 36.4 Å². The Kier molecular flexibility index (Phi) is 6.55. The van der Waals surface area contributed by atoms with Crippen molar-refractivity contribution in [2.75, 3.05) is 13.2 Å². The molecule has 4 atom stereocenters. The highest BCUT2D eigenvalue weighted by atomic mass is 32.2. The Morgan fingerprint density at radius 2 is 1.81 bits per heavy atom. The second kappa shape index (κ2) is 8.12. The molecule has 2 aliphatic rings. The van der Waals surface area contributed by atoms with Gasteiger partial charge in [-0.15, -0.1) is 0 Å². The van der Waals surface area contributed by atoms with Crippen LogP contribution in [0.5, 0.6) is 0 Å². The van der Waals surface area contributed by atoms with Crippen LogP contribution in [0.4, 0.5) is 4.79 Å². The zero-order valence-corrected chi connectivity index (χ0v) is 16.6. The molecule has 0 aliphatic heterocycles. The number of hydrogen-bond donors (Lipinski definition) is 1. The average Bonchev–Trinajstić information content (AvgIpc) is 3.13. The Labute approximate surface area is 155 Å². The van der Waals surface area contributed by atoms with Gasteiger partial charge in [-0.2, -0.15) is 0 Å². The highest BCUT2D eigenvalue weighted by Crippen LogP contribution is 2.54. The lowest BCUT2D eigenvalue weighted by molar-refractivity contribution is -0.156. The van der Waals surface area contributed by atoms with Gasteiger partial charge >= 0.3 is 12.1 Å². The zero-order chi connectivity index (χ0) is 19.5. The predicted molar refractivity (Wildman–Crippen MR) is 91.9 cm³/mol. The first-order chi connectivity index (χ1) is 12.1. The number of ether oxygens (including phenoxy) is 3. The van der Waals surface area contributed by atoms with Crippen molar-refractivity contribution in [2.45, 2.75) is 65.1 Å². The Morgan fingerprint density at radius 1 is 1.15 bits per heavy atom. The molecular formula is C17H28O8S. The fourth-order valence-electron chi connectivity index (χ4n) is 3.75. The number of thiol groups is 1. The summed E-state index contributed by atoms with van der Waals surface area (Å²) in [5, 5.41) is 0. The van der Waals surface area contributed by atoms with E-state index in [0.717, 1.165) is 19.3 Å². The number of rotatable bonds is 8. The van der Waals surface area contributed by atoms with Crippen molar-refractivity contribution in [3.05, 3.63) is 0 Å². The molecule has 0 aromatic rings. The lowest BCUT2D eigenvalue weighted by atomic mass is 9.83. The van der Waals surface area contributed by atoms with E-state index in [1.165, 1.54) is 0 Å². The van der Waals surface area contributed by atoms with Crippen LogP contribution in [0.3, 0.4) is 0 Å². The molecule has 2 rings (SSSR count). The second-order valence-electron chi connectivity index (χ2n) is 7.78. The van der Waals surface area contributed by atoms with Crippen molar-refractivity contribution >= 4 is 23.1 Å². The molecular weight excluding hydrogens is 364 g/mol. The first kappa shape index (κ1) is 21.0. The smallest absolute Gasteiger partial charge is 0.462 e.